The van der Waals surface area contributed by atoms with Gasteiger partial charge in [0.2, 0.25) is 5.82 Å². The molecule has 4 aromatic rings. The number of nitrogens with zero attached hydrogens (tertiary/aromatic N) is 5. The van der Waals surface area contributed by atoms with Crippen LogP contribution in [0.1, 0.15) is 11.3 Å². The Labute approximate surface area is 171 Å². The summed E-state index contributed by atoms with van der Waals surface area (Å²) in [5, 5.41) is 10.4. The lowest BCUT2D eigenvalue weighted by atomic mass is 10.1. The quantitative estimate of drug-likeness (QED) is 0.497. The van der Waals surface area contributed by atoms with Gasteiger partial charge in [-0.1, -0.05) is 41.6 Å². The fourth-order valence-electron chi connectivity index (χ4n) is 3.51. The van der Waals surface area contributed by atoms with Crippen LogP contribution in [-0.2, 0) is 30.0 Å². The number of aromatic nitrogens is 4. The molecule has 0 atom stereocenters. The number of aryl methyl sites for hydroxylation is 1. The summed E-state index contributed by atoms with van der Waals surface area (Å²) in [6.07, 6.45) is 0.573. The first-order valence-electron chi connectivity index (χ1n) is 9.02. The Morgan fingerprint density at radius 2 is 1.97 bits per heavy atom. The van der Waals surface area contributed by atoms with Gasteiger partial charge in [-0.25, -0.2) is 8.42 Å². The highest BCUT2D eigenvalue weighted by Gasteiger charge is 2.34. The molecule has 0 spiro atoms. The van der Waals surface area contributed by atoms with E-state index in [2.05, 4.69) is 15.2 Å². The van der Waals surface area contributed by atoms with Gasteiger partial charge in [-0.2, -0.15) is 14.4 Å². The van der Waals surface area contributed by atoms with Gasteiger partial charge in [0.25, 0.3) is 15.9 Å². The molecule has 0 fully saturated rings. The number of thiophene rings is 1. The van der Waals surface area contributed by atoms with E-state index in [9.17, 15) is 8.42 Å². The minimum atomic E-state index is -3.54. The van der Waals surface area contributed by atoms with Crippen LogP contribution in [0.3, 0.4) is 0 Å². The summed E-state index contributed by atoms with van der Waals surface area (Å²) in [6.45, 7) is 0.632. The first-order valence-corrected chi connectivity index (χ1v) is 11.3. The second kappa shape index (κ2) is 6.90. The Balaban J connectivity index is 1.52. The summed E-state index contributed by atoms with van der Waals surface area (Å²) in [5.41, 5.74) is 3.16. The van der Waals surface area contributed by atoms with E-state index in [-0.39, 0.29) is 12.4 Å². The largest absolute Gasteiger partial charge is 0.332 e. The van der Waals surface area contributed by atoms with Gasteiger partial charge in [-0.15, -0.1) is 11.3 Å². The fraction of sp³-hybridized carbons (Fsp3) is 0.211. The number of hydrogen-bond donors (Lipinski definition) is 0. The minimum absolute atomic E-state index is 0.224. The molecule has 0 saturated carbocycles. The second-order valence-corrected chi connectivity index (χ2v) is 9.82. The van der Waals surface area contributed by atoms with Gasteiger partial charge in [-0.3, -0.25) is 4.68 Å². The van der Waals surface area contributed by atoms with Gasteiger partial charge in [-0.05, 0) is 11.4 Å². The molecule has 29 heavy (non-hydrogen) atoms. The molecule has 0 bridgehead atoms. The Kier molecular flexibility index (Phi) is 4.34. The first kappa shape index (κ1) is 18.2. The smallest absolute Gasteiger partial charge is 0.279 e. The van der Waals surface area contributed by atoms with E-state index >= 15 is 0 Å². The molecule has 1 aliphatic heterocycles. The van der Waals surface area contributed by atoms with Crippen molar-refractivity contribution in [2.75, 3.05) is 6.54 Å². The highest BCUT2D eigenvalue weighted by atomic mass is 32.2. The summed E-state index contributed by atoms with van der Waals surface area (Å²) >= 11 is 1.22. The lowest BCUT2D eigenvalue weighted by molar-refractivity contribution is 0.386. The fourth-order valence-corrected chi connectivity index (χ4v) is 6.06. The Morgan fingerprint density at radius 1 is 1.14 bits per heavy atom. The van der Waals surface area contributed by atoms with E-state index in [1.807, 2.05) is 37.4 Å². The van der Waals surface area contributed by atoms with Crippen LogP contribution in [0.4, 0.5) is 0 Å². The van der Waals surface area contributed by atoms with E-state index in [1.165, 1.54) is 15.6 Å². The lowest BCUT2D eigenvalue weighted by Crippen LogP contribution is -2.36. The van der Waals surface area contributed by atoms with Crippen LogP contribution in [0.5, 0.6) is 0 Å². The molecule has 4 heterocycles. The molecule has 0 unspecified atom stereocenters. The third kappa shape index (κ3) is 3.09. The SMILES string of the molecule is Cn1nc(-c2nc(-c3ccccc3)no2)c2c1CCN(S(=O)(=O)c1cccs1)C2. The summed E-state index contributed by atoms with van der Waals surface area (Å²) < 4.78 is 35.0. The van der Waals surface area contributed by atoms with Crippen molar-refractivity contribution >= 4 is 21.4 Å². The molecular weight excluding hydrogens is 410 g/mol. The van der Waals surface area contributed by atoms with Crippen molar-refractivity contribution in [2.24, 2.45) is 7.05 Å². The molecule has 0 saturated heterocycles. The van der Waals surface area contributed by atoms with E-state index in [0.29, 0.717) is 28.7 Å². The number of benzene rings is 1. The van der Waals surface area contributed by atoms with Crippen molar-refractivity contribution in [3.63, 3.8) is 0 Å². The highest BCUT2D eigenvalue weighted by Crippen LogP contribution is 2.33. The van der Waals surface area contributed by atoms with E-state index in [1.54, 1.807) is 22.2 Å². The van der Waals surface area contributed by atoms with Crippen molar-refractivity contribution in [1.82, 2.24) is 24.2 Å². The highest BCUT2D eigenvalue weighted by molar-refractivity contribution is 7.91. The molecule has 8 nitrogen and oxygen atoms in total. The summed E-state index contributed by atoms with van der Waals surface area (Å²) in [5.74, 6) is 0.759. The van der Waals surface area contributed by atoms with Crippen LogP contribution in [0.15, 0.2) is 56.6 Å². The predicted molar refractivity (Wildman–Crippen MR) is 108 cm³/mol. The second-order valence-electron chi connectivity index (χ2n) is 6.71. The van der Waals surface area contributed by atoms with Crippen molar-refractivity contribution < 1.29 is 12.9 Å². The molecule has 10 heteroatoms. The van der Waals surface area contributed by atoms with Crippen LogP contribution in [0.2, 0.25) is 0 Å². The molecule has 0 amide bonds. The standard InChI is InChI=1S/C19H17N5O3S2/c1-23-15-9-10-24(29(25,26)16-8-5-11-28-16)12-14(15)17(21-23)19-20-18(22-27-19)13-6-3-2-4-7-13/h2-8,11H,9-10,12H2,1H3. The molecule has 0 radical (unpaired) electrons. The molecule has 148 valence electrons. The van der Waals surface area contributed by atoms with Gasteiger partial charge in [0.1, 0.15) is 4.21 Å². The molecule has 0 N–H and O–H groups in total. The van der Waals surface area contributed by atoms with Crippen molar-refractivity contribution in [3.05, 3.63) is 59.1 Å². The number of fused-ring (bicyclic) bond motifs is 1. The monoisotopic (exact) mass is 427 g/mol. The Bertz CT molecular complexity index is 1260. The number of rotatable bonds is 4. The average Bonchev–Trinajstić information content (AvgIpc) is 3.49. The zero-order chi connectivity index (χ0) is 20.0. The molecule has 5 rings (SSSR count). The zero-order valence-corrected chi connectivity index (χ0v) is 17.2. The van der Waals surface area contributed by atoms with E-state index in [4.69, 9.17) is 4.52 Å². The maximum Gasteiger partial charge on any atom is 0.279 e. The minimum Gasteiger partial charge on any atom is -0.332 e. The van der Waals surface area contributed by atoms with Gasteiger partial charge in [0, 0.05) is 43.4 Å². The molecule has 0 aliphatic carbocycles. The number of sulfonamides is 1. The van der Waals surface area contributed by atoms with Crippen LogP contribution in [0.25, 0.3) is 23.0 Å². The first-order chi connectivity index (χ1) is 14.0. The van der Waals surface area contributed by atoms with Crippen molar-refractivity contribution in [3.8, 4) is 23.0 Å². The number of hydrogen-bond acceptors (Lipinski definition) is 7. The zero-order valence-electron chi connectivity index (χ0n) is 15.5. The Hall–Kier alpha value is -2.82. The van der Waals surface area contributed by atoms with E-state index < -0.39 is 10.0 Å². The van der Waals surface area contributed by atoms with Gasteiger partial charge in [0.05, 0.1) is 0 Å². The van der Waals surface area contributed by atoms with Gasteiger partial charge >= 0.3 is 0 Å². The molecule has 1 aliphatic rings. The predicted octanol–water partition coefficient (Wildman–Crippen LogP) is 2.95. The summed E-state index contributed by atoms with van der Waals surface area (Å²) in [6, 6.07) is 12.9. The Morgan fingerprint density at radius 3 is 2.72 bits per heavy atom. The summed E-state index contributed by atoms with van der Waals surface area (Å²) in [4.78, 5) is 4.49. The van der Waals surface area contributed by atoms with Crippen LogP contribution < -0.4 is 0 Å². The van der Waals surface area contributed by atoms with Crippen LogP contribution in [-0.4, -0.2) is 39.2 Å². The van der Waals surface area contributed by atoms with Crippen LogP contribution >= 0.6 is 11.3 Å². The van der Waals surface area contributed by atoms with Crippen LogP contribution in [0, 0.1) is 0 Å². The van der Waals surface area contributed by atoms with Crippen molar-refractivity contribution in [2.45, 2.75) is 17.2 Å². The van der Waals surface area contributed by atoms with Gasteiger partial charge in [0.15, 0.2) is 5.69 Å². The molecular formula is C19H17N5O3S2. The maximum absolute atomic E-state index is 13.0. The van der Waals surface area contributed by atoms with Crippen molar-refractivity contribution in [1.29, 1.82) is 0 Å². The molecule has 3 aromatic heterocycles. The van der Waals surface area contributed by atoms with Gasteiger partial charge < -0.3 is 4.52 Å². The van der Waals surface area contributed by atoms with E-state index in [0.717, 1.165) is 16.8 Å². The molecule has 1 aromatic carbocycles. The summed E-state index contributed by atoms with van der Waals surface area (Å²) in [7, 11) is -1.69. The third-order valence-corrected chi connectivity index (χ3v) is 8.18. The maximum atomic E-state index is 13.0. The lowest BCUT2D eigenvalue weighted by Gasteiger charge is -2.26. The topological polar surface area (TPSA) is 94.1 Å². The average molecular weight is 428 g/mol. The third-order valence-electron chi connectivity index (χ3n) is 4.96. The normalized spacial score (nSPS) is 14.8.